The lowest BCUT2D eigenvalue weighted by Gasteiger charge is -2.26. The monoisotopic (exact) mass is 268 g/mol. The van der Waals surface area contributed by atoms with Crippen molar-refractivity contribution in [1.82, 2.24) is 10.2 Å². The number of thiophene rings is 1. The van der Waals surface area contributed by atoms with E-state index in [2.05, 4.69) is 55.5 Å². The molecule has 1 unspecified atom stereocenters. The summed E-state index contributed by atoms with van der Waals surface area (Å²) >= 11 is 1.85. The summed E-state index contributed by atoms with van der Waals surface area (Å²) in [5.74, 6) is 0.786. The molecule has 0 aliphatic rings. The van der Waals surface area contributed by atoms with E-state index in [1.165, 1.54) is 11.3 Å². The van der Waals surface area contributed by atoms with Gasteiger partial charge in [0.25, 0.3) is 0 Å². The highest BCUT2D eigenvalue weighted by Crippen LogP contribution is 2.09. The molecular weight excluding hydrogens is 240 g/mol. The lowest BCUT2D eigenvalue weighted by atomic mass is 10.0. The number of likely N-dealkylation sites (N-methyl/N-ethyl adjacent to an activating group) is 1. The van der Waals surface area contributed by atoms with Crippen LogP contribution in [0.3, 0.4) is 0 Å². The van der Waals surface area contributed by atoms with Crippen molar-refractivity contribution < 1.29 is 0 Å². The average molecular weight is 268 g/mol. The molecule has 0 aromatic carbocycles. The Balaban J connectivity index is 2.03. The van der Waals surface area contributed by atoms with Gasteiger partial charge >= 0.3 is 0 Å². The standard InChI is InChI=1S/C15H28N2S/c1-13(2)12-14(3)17(4)10-9-16-8-7-15-6-5-11-18-15/h5-6,11,13-14,16H,7-10,12H2,1-4H3. The van der Waals surface area contributed by atoms with Crippen LogP contribution < -0.4 is 5.32 Å². The average Bonchev–Trinajstić information content (AvgIpc) is 2.80. The molecule has 1 rings (SSSR count). The van der Waals surface area contributed by atoms with Gasteiger partial charge in [-0.3, -0.25) is 0 Å². The topological polar surface area (TPSA) is 15.3 Å². The maximum atomic E-state index is 3.53. The van der Waals surface area contributed by atoms with Crippen molar-refractivity contribution in [3.63, 3.8) is 0 Å². The molecule has 1 aromatic heterocycles. The molecule has 0 bridgehead atoms. The van der Waals surface area contributed by atoms with Gasteiger partial charge in [0, 0.05) is 30.6 Å². The summed E-state index contributed by atoms with van der Waals surface area (Å²) in [6.45, 7) is 10.2. The molecule has 18 heavy (non-hydrogen) atoms. The van der Waals surface area contributed by atoms with Gasteiger partial charge in [-0.05, 0) is 44.2 Å². The van der Waals surface area contributed by atoms with E-state index in [9.17, 15) is 0 Å². The second-order valence-electron chi connectivity index (χ2n) is 5.54. The molecule has 0 spiro atoms. The smallest absolute Gasteiger partial charge is 0.0107 e. The first-order chi connectivity index (χ1) is 8.59. The molecule has 0 saturated heterocycles. The zero-order chi connectivity index (χ0) is 13.4. The SMILES string of the molecule is CC(C)CC(C)N(C)CCNCCc1cccs1. The van der Waals surface area contributed by atoms with Crippen LogP contribution in [0.5, 0.6) is 0 Å². The number of nitrogens with one attached hydrogen (secondary N) is 1. The lowest BCUT2D eigenvalue weighted by Crippen LogP contribution is -2.36. The minimum atomic E-state index is 0.684. The van der Waals surface area contributed by atoms with Gasteiger partial charge in [-0.1, -0.05) is 19.9 Å². The van der Waals surface area contributed by atoms with Gasteiger partial charge < -0.3 is 10.2 Å². The molecule has 104 valence electrons. The van der Waals surface area contributed by atoms with E-state index >= 15 is 0 Å². The Morgan fingerprint density at radius 3 is 2.67 bits per heavy atom. The van der Waals surface area contributed by atoms with Crippen LogP contribution in [-0.2, 0) is 6.42 Å². The van der Waals surface area contributed by atoms with Crippen molar-refractivity contribution >= 4 is 11.3 Å². The maximum absolute atomic E-state index is 3.53. The van der Waals surface area contributed by atoms with E-state index in [0.29, 0.717) is 6.04 Å². The molecule has 1 heterocycles. The highest BCUT2D eigenvalue weighted by Gasteiger charge is 2.09. The molecule has 0 radical (unpaired) electrons. The van der Waals surface area contributed by atoms with Gasteiger partial charge in [-0.15, -0.1) is 11.3 Å². The van der Waals surface area contributed by atoms with Crippen LogP contribution in [0.4, 0.5) is 0 Å². The van der Waals surface area contributed by atoms with E-state index in [1.807, 2.05) is 11.3 Å². The summed E-state index contributed by atoms with van der Waals surface area (Å²) in [6, 6.07) is 5.02. The third-order valence-electron chi connectivity index (χ3n) is 3.33. The van der Waals surface area contributed by atoms with Crippen LogP contribution in [0.25, 0.3) is 0 Å². The third kappa shape index (κ3) is 6.53. The molecule has 0 fully saturated rings. The molecular formula is C15H28N2S. The molecule has 1 N–H and O–H groups in total. The van der Waals surface area contributed by atoms with Gasteiger partial charge in [-0.2, -0.15) is 0 Å². The second-order valence-corrected chi connectivity index (χ2v) is 6.57. The van der Waals surface area contributed by atoms with Crippen LogP contribution >= 0.6 is 11.3 Å². The van der Waals surface area contributed by atoms with E-state index in [-0.39, 0.29) is 0 Å². The molecule has 1 atom stereocenters. The summed E-state index contributed by atoms with van der Waals surface area (Å²) in [4.78, 5) is 3.93. The van der Waals surface area contributed by atoms with Crippen LogP contribution in [0, 0.1) is 5.92 Å². The first-order valence-corrected chi connectivity index (χ1v) is 7.91. The minimum Gasteiger partial charge on any atom is -0.315 e. The zero-order valence-corrected chi connectivity index (χ0v) is 13.1. The Morgan fingerprint density at radius 2 is 2.06 bits per heavy atom. The first kappa shape index (κ1) is 15.7. The zero-order valence-electron chi connectivity index (χ0n) is 12.3. The molecule has 0 amide bonds. The van der Waals surface area contributed by atoms with E-state index in [1.54, 1.807) is 0 Å². The van der Waals surface area contributed by atoms with Gasteiger partial charge in [0.2, 0.25) is 0 Å². The number of nitrogens with zero attached hydrogens (tertiary/aromatic N) is 1. The first-order valence-electron chi connectivity index (χ1n) is 7.03. The van der Waals surface area contributed by atoms with Gasteiger partial charge in [0.15, 0.2) is 0 Å². The van der Waals surface area contributed by atoms with Crippen molar-refractivity contribution in [2.45, 2.75) is 39.7 Å². The minimum absolute atomic E-state index is 0.684. The van der Waals surface area contributed by atoms with Crippen LogP contribution in [0.1, 0.15) is 32.1 Å². The van der Waals surface area contributed by atoms with Crippen molar-refractivity contribution in [3.05, 3.63) is 22.4 Å². The predicted octanol–water partition coefficient (Wildman–Crippen LogP) is 3.25. The quantitative estimate of drug-likeness (QED) is 0.692. The lowest BCUT2D eigenvalue weighted by molar-refractivity contribution is 0.229. The van der Waals surface area contributed by atoms with E-state index in [4.69, 9.17) is 0 Å². The molecule has 0 aliphatic carbocycles. The maximum Gasteiger partial charge on any atom is 0.0107 e. The third-order valence-corrected chi connectivity index (χ3v) is 4.27. The van der Waals surface area contributed by atoms with Gasteiger partial charge in [0.1, 0.15) is 0 Å². The van der Waals surface area contributed by atoms with Crippen LogP contribution in [-0.4, -0.2) is 37.6 Å². The number of hydrogen-bond donors (Lipinski definition) is 1. The Hall–Kier alpha value is -0.380. The Kier molecular flexibility index (Phi) is 7.56. The number of hydrogen-bond acceptors (Lipinski definition) is 3. The molecule has 0 aliphatic heterocycles. The summed E-state index contributed by atoms with van der Waals surface area (Å²) in [5.41, 5.74) is 0. The van der Waals surface area contributed by atoms with E-state index in [0.717, 1.165) is 32.0 Å². The van der Waals surface area contributed by atoms with Crippen LogP contribution in [0.2, 0.25) is 0 Å². The predicted molar refractivity (Wildman–Crippen MR) is 82.4 cm³/mol. The van der Waals surface area contributed by atoms with Crippen LogP contribution in [0.15, 0.2) is 17.5 Å². The molecule has 2 nitrogen and oxygen atoms in total. The fourth-order valence-corrected chi connectivity index (χ4v) is 2.84. The number of rotatable bonds is 9. The molecule has 3 heteroatoms. The van der Waals surface area contributed by atoms with Crippen molar-refractivity contribution in [3.8, 4) is 0 Å². The summed E-state index contributed by atoms with van der Waals surface area (Å²) in [7, 11) is 2.23. The van der Waals surface area contributed by atoms with Gasteiger partial charge in [0.05, 0.1) is 0 Å². The fourth-order valence-electron chi connectivity index (χ4n) is 2.13. The summed E-state index contributed by atoms with van der Waals surface area (Å²) in [5, 5.41) is 5.68. The molecule has 1 aromatic rings. The Bertz CT molecular complexity index is 295. The largest absolute Gasteiger partial charge is 0.315 e. The normalized spacial score (nSPS) is 13.4. The highest BCUT2D eigenvalue weighted by molar-refractivity contribution is 7.09. The van der Waals surface area contributed by atoms with Crippen molar-refractivity contribution in [2.75, 3.05) is 26.7 Å². The Morgan fingerprint density at radius 1 is 1.28 bits per heavy atom. The second kappa shape index (κ2) is 8.68. The van der Waals surface area contributed by atoms with E-state index < -0.39 is 0 Å². The highest BCUT2D eigenvalue weighted by atomic mass is 32.1. The van der Waals surface area contributed by atoms with Crippen molar-refractivity contribution in [2.24, 2.45) is 5.92 Å². The van der Waals surface area contributed by atoms with Crippen molar-refractivity contribution in [1.29, 1.82) is 0 Å². The summed E-state index contributed by atoms with van der Waals surface area (Å²) in [6.07, 6.45) is 2.44. The summed E-state index contributed by atoms with van der Waals surface area (Å²) < 4.78 is 0. The fraction of sp³-hybridized carbons (Fsp3) is 0.733. The van der Waals surface area contributed by atoms with Gasteiger partial charge in [-0.25, -0.2) is 0 Å². The molecule has 0 saturated carbocycles. The Labute approximate surface area is 116 Å².